The molecule has 0 aliphatic carbocycles. The van der Waals surface area contributed by atoms with E-state index < -0.39 is 0 Å². The summed E-state index contributed by atoms with van der Waals surface area (Å²) in [6.07, 6.45) is 0. The first-order chi connectivity index (χ1) is 31.2. The maximum Gasteiger partial charge on any atom is 0.239 e. The third kappa shape index (κ3) is 6.49. The average Bonchev–Trinajstić information content (AvgIpc) is 3.70. The number of para-hydroxylation sites is 3. The summed E-state index contributed by atoms with van der Waals surface area (Å²) in [5.41, 5.74) is 13.8. The van der Waals surface area contributed by atoms with Gasteiger partial charge in [0.15, 0.2) is 23.1 Å². The molecule has 0 saturated heterocycles. The summed E-state index contributed by atoms with van der Waals surface area (Å²) in [7, 11) is 0. The second kappa shape index (κ2) is 15.1. The van der Waals surface area contributed by atoms with Gasteiger partial charge in [-0.2, -0.15) is 9.97 Å². The van der Waals surface area contributed by atoms with Gasteiger partial charge in [0.25, 0.3) is 0 Å². The molecule has 296 valence electrons. The van der Waals surface area contributed by atoms with Crippen molar-refractivity contribution < 1.29 is 4.74 Å². The van der Waals surface area contributed by atoms with Crippen molar-refractivity contribution in [2.45, 2.75) is 0 Å². The third-order valence-electron chi connectivity index (χ3n) is 11.8. The fraction of sp³-hybridized carbons (Fsp3) is 0. The minimum Gasteiger partial charge on any atom is -0.453 e. The number of ether oxygens (including phenoxy) is 1. The Morgan fingerprint density at radius 1 is 0.317 bits per heavy atom. The molecule has 6 heteroatoms. The van der Waals surface area contributed by atoms with Gasteiger partial charge in [0.05, 0.1) is 22.4 Å². The van der Waals surface area contributed by atoms with Crippen LogP contribution in [-0.4, -0.2) is 19.5 Å². The first kappa shape index (κ1) is 36.3. The van der Waals surface area contributed by atoms with Gasteiger partial charge in [0.2, 0.25) is 5.95 Å². The normalized spacial score (nSPS) is 11.9. The Hall–Kier alpha value is -8.61. The minimum absolute atomic E-state index is 0.509. The SMILES string of the molecule is c1ccc(-c2ccc(-n3c4ccccc4c4ccc(-c5cccc(-c6ccc7c(c6)Oc6ccccc6N7c6nc(-c7ccccc7)nc(-c7ccccc7)n6)c5)cc43)cc2)cc1. The first-order valence-electron chi connectivity index (χ1n) is 21.1. The fourth-order valence-corrected chi connectivity index (χ4v) is 8.79. The maximum atomic E-state index is 6.69. The molecule has 0 spiro atoms. The quantitative estimate of drug-likeness (QED) is 0.161. The highest BCUT2D eigenvalue weighted by atomic mass is 16.5. The van der Waals surface area contributed by atoms with Gasteiger partial charge >= 0.3 is 0 Å². The third-order valence-corrected chi connectivity index (χ3v) is 11.8. The molecule has 0 atom stereocenters. The Balaban J connectivity index is 0.937. The van der Waals surface area contributed by atoms with Crippen LogP contribution >= 0.6 is 0 Å². The van der Waals surface area contributed by atoms with E-state index in [2.05, 4.69) is 149 Å². The predicted octanol–water partition coefficient (Wildman–Crippen LogP) is 14.9. The summed E-state index contributed by atoms with van der Waals surface area (Å²) < 4.78 is 9.07. The molecular weight excluding hydrogens is 771 g/mol. The van der Waals surface area contributed by atoms with Crippen molar-refractivity contribution in [3.63, 3.8) is 0 Å². The molecule has 0 amide bonds. The Morgan fingerprint density at radius 3 is 1.54 bits per heavy atom. The van der Waals surface area contributed by atoms with Gasteiger partial charge in [-0.1, -0.05) is 170 Å². The Morgan fingerprint density at radius 2 is 0.825 bits per heavy atom. The molecule has 0 bridgehead atoms. The Kier molecular flexibility index (Phi) is 8.71. The average molecular weight is 808 g/mol. The lowest BCUT2D eigenvalue weighted by atomic mass is 9.97. The first-order valence-corrected chi connectivity index (χ1v) is 21.1. The zero-order valence-corrected chi connectivity index (χ0v) is 34.0. The molecule has 1 aliphatic heterocycles. The lowest BCUT2D eigenvalue weighted by Gasteiger charge is -2.31. The fourth-order valence-electron chi connectivity index (χ4n) is 8.79. The van der Waals surface area contributed by atoms with E-state index in [0.29, 0.717) is 23.3 Å². The molecule has 63 heavy (non-hydrogen) atoms. The molecule has 9 aromatic carbocycles. The van der Waals surface area contributed by atoms with Crippen molar-refractivity contribution in [3.05, 3.63) is 224 Å². The monoisotopic (exact) mass is 807 g/mol. The number of nitrogens with zero attached hydrogens (tertiary/aromatic N) is 5. The lowest BCUT2D eigenvalue weighted by Crippen LogP contribution is -2.19. The number of hydrogen-bond acceptors (Lipinski definition) is 5. The summed E-state index contributed by atoms with van der Waals surface area (Å²) in [6.45, 7) is 0. The van der Waals surface area contributed by atoms with Crippen molar-refractivity contribution in [1.29, 1.82) is 0 Å². The van der Waals surface area contributed by atoms with Crippen LogP contribution in [0.25, 0.3) is 83.6 Å². The lowest BCUT2D eigenvalue weighted by molar-refractivity contribution is 0.476. The van der Waals surface area contributed by atoms with Crippen LogP contribution in [-0.2, 0) is 0 Å². The van der Waals surface area contributed by atoms with E-state index in [1.165, 1.54) is 27.4 Å². The van der Waals surface area contributed by atoms with Crippen LogP contribution in [0.2, 0.25) is 0 Å². The Labute approximate surface area is 364 Å². The second-order valence-corrected chi connectivity index (χ2v) is 15.7. The van der Waals surface area contributed by atoms with E-state index in [1.54, 1.807) is 0 Å². The molecule has 0 fully saturated rings. The van der Waals surface area contributed by atoms with Crippen LogP contribution in [0, 0.1) is 0 Å². The molecule has 12 rings (SSSR count). The summed E-state index contributed by atoms with van der Waals surface area (Å²) in [5.74, 6) is 3.13. The highest BCUT2D eigenvalue weighted by molar-refractivity contribution is 6.10. The van der Waals surface area contributed by atoms with Crippen LogP contribution in [0.3, 0.4) is 0 Å². The van der Waals surface area contributed by atoms with Crippen LogP contribution < -0.4 is 9.64 Å². The smallest absolute Gasteiger partial charge is 0.239 e. The van der Waals surface area contributed by atoms with E-state index in [1.807, 2.05) is 84.9 Å². The number of rotatable bonds is 7. The number of aromatic nitrogens is 4. The molecule has 6 nitrogen and oxygen atoms in total. The molecule has 3 heterocycles. The standard InChI is InChI=1S/C57H37N5O/c1-4-15-38(16-5-1)39-27-31-46(32-28-39)61-49-24-11-10-23-47(49)48-33-29-44(36-52(48)61)42-21-14-22-43(35-42)45-30-34-51-54(37-45)63-53-26-13-12-25-50(53)62(51)57-59-55(40-17-6-2-7-18-40)58-56(60-57)41-19-8-3-9-20-41/h1-37H. The van der Waals surface area contributed by atoms with Gasteiger partial charge in [-0.05, 0) is 88.0 Å². The van der Waals surface area contributed by atoms with E-state index >= 15 is 0 Å². The topological polar surface area (TPSA) is 56.1 Å². The Bertz CT molecular complexity index is 3420. The summed E-state index contributed by atoms with van der Waals surface area (Å²) in [4.78, 5) is 17.2. The summed E-state index contributed by atoms with van der Waals surface area (Å²) in [5, 5.41) is 2.45. The highest BCUT2D eigenvalue weighted by Crippen LogP contribution is 2.51. The summed E-state index contributed by atoms with van der Waals surface area (Å²) in [6, 6.07) is 78.2. The number of fused-ring (bicyclic) bond motifs is 5. The van der Waals surface area contributed by atoms with Crippen LogP contribution in [0.4, 0.5) is 17.3 Å². The van der Waals surface area contributed by atoms with Crippen molar-refractivity contribution in [1.82, 2.24) is 19.5 Å². The van der Waals surface area contributed by atoms with E-state index in [-0.39, 0.29) is 0 Å². The van der Waals surface area contributed by atoms with E-state index in [4.69, 9.17) is 19.7 Å². The number of hydrogen-bond donors (Lipinski definition) is 0. The van der Waals surface area contributed by atoms with Gasteiger partial charge in [-0.3, -0.25) is 4.90 Å². The van der Waals surface area contributed by atoms with Crippen molar-refractivity contribution in [2.24, 2.45) is 0 Å². The van der Waals surface area contributed by atoms with Gasteiger partial charge < -0.3 is 9.30 Å². The van der Waals surface area contributed by atoms with Crippen LogP contribution in [0.1, 0.15) is 0 Å². The molecule has 1 aliphatic rings. The molecule has 0 saturated carbocycles. The predicted molar refractivity (Wildman–Crippen MR) is 256 cm³/mol. The van der Waals surface area contributed by atoms with Crippen molar-refractivity contribution in [2.75, 3.05) is 4.90 Å². The summed E-state index contributed by atoms with van der Waals surface area (Å²) >= 11 is 0. The van der Waals surface area contributed by atoms with Gasteiger partial charge in [0.1, 0.15) is 0 Å². The van der Waals surface area contributed by atoms with Gasteiger partial charge in [-0.25, -0.2) is 4.98 Å². The zero-order chi connectivity index (χ0) is 41.7. The minimum atomic E-state index is 0.509. The molecule has 0 radical (unpaired) electrons. The zero-order valence-electron chi connectivity index (χ0n) is 34.0. The van der Waals surface area contributed by atoms with Crippen LogP contribution in [0.5, 0.6) is 11.5 Å². The second-order valence-electron chi connectivity index (χ2n) is 15.7. The molecule has 11 aromatic rings. The molecule has 0 unspecified atom stereocenters. The number of anilines is 3. The maximum absolute atomic E-state index is 6.69. The highest BCUT2D eigenvalue weighted by Gasteiger charge is 2.29. The van der Waals surface area contributed by atoms with Gasteiger partial charge in [-0.15, -0.1) is 0 Å². The van der Waals surface area contributed by atoms with Gasteiger partial charge in [0, 0.05) is 27.6 Å². The molecular formula is C57H37N5O. The van der Waals surface area contributed by atoms with Crippen molar-refractivity contribution >= 4 is 39.1 Å². The molecule has 0 N–H and O–H groups in total. The number of benzene rings is 9. The van der Waals surface area contributed by atoms with E-state index in [9.17, 15) is 0 Å². The van der Waals surface area contributed by atoms with Crippen molar-refractivity contribution in [3.8, 4) is 73.3 Å². The molecule has 2 aromatic heterocycles. The van der Waals surface area contributed by atoms with E-state index in [0.717, 1.165) is 61.7 Å². The largest absolute Gasteiger partial charge is 0.453 e. The van der Waals surface area contributed by atoms with Crippen LogP contribution in [0.15, 0.2) is 224 Å².